The molecule has 2 bridgehead atoms. The van der Waals surface area contributed by atoms with Crippen LogP contribution in [-0.4, -0.2) is 42.4 Å². The van der Waals surface area contributed by atoms with Gasteiger partial charge in [-0.25, -0.2) is 0 Å². The fraction of sp³-hybridized carbons (Fsp3) is 0.867. The topological polar surface area (TPSA) is 75.4 Å². The summed E-state index contributed by atoms with van der Waals surface area (Å²) in [6.07, 6.45) is 5.92. The Morgan fingerprint density at radius 1 is 1.30 bits per heavy atom. The molecule has 2 aliphatic carbocycles. The van der Waals surface area contributed by atoms with Crippen LogP contribution in [0.1, 0.15) is 38.5 Å². The van der Waals surface area contributed by atoms with Crippen LogP contribution in [0.4, 0.5) is 0 Å². The van der Waals surface area contributed by atoms with Gasteiger partial charge in [-0.15, -0.1) is 0 Å². The summed E-state index contributed by atoms with van der Waals surface area (Å²) in [7, 11) is 1.79. The van der Waals surface area contributed by atoms with Crippen LogP contribution in [0, 0.1) is 17.8 Å². The van der Waals surface area contributed by atoms with Crippen LogP contribution < -0.4 is 11.1 Å². The quantitative estimate of drug-likeness (QED) is 0.772. The van der Waals surface area contributed by atoms with E-state index in [1.807, 2.05) is 0 Å². The molecule has 1 heterocycles. The molecule has 0 aromatic heterocycles. The normalized spacial score (nSPS) is 40.8. The molecule has 3 aliphatic rings. The SMILES string of the molecule is CN1CC(NC(=O)C2CC3CCCC(C2)C3N)CC1=O. The Hall–Kier alpha value is -1.10. The van der Waals surface area contributed by atoms with Crippen molar-refractivity contribution in [2.45, 2.75) is 50.6 Å². The Morgan fingerprint density at radius 3 is 2.50 bits per heavy atom. The maximum absolute atomic E-state index is 12.4. The summed E-state index contributed by atoms with van der Waals surface area (Å²) in [5, 5.41) is 3.07. The number of rotatable bonds is 2. The Kier molecular flexibility index (Phi) is 3.71. The molecule has 20 heavy (non-hydrogen) atoms. The lowest BCUT2D eigenvalue weighted by Gasteiger charge is -2.43. The minimum Gasteiger partial charge on any atom is -0.351 e. The smallest absolute Gasteiger partial charge is 0.224 e. The molecule has 0 aromatic carbocycles. The highest BCUT2D eigenvalue weighted by molar-refractivity contribution is 5.83. The van der Waals surface area contributed by atoms with Gasteiger partial charge in [0.15, 0.2) is 0 Å². The number of fused-ring (bicyclic) bond motifs is 2. The molecule has 2 saturated carbocycles. The first kappa shape index (κ1) is 13.9. The molecule has 1 saturated heterocycles. The lowest BCUT2D eigenvalue weighted by atomic mass is 9.65. The van der Waals surface area contributed by atoms with Crippen LogP contribution in [0.15, 0.2) is 0 Å². The van der Waals surface area contributed by atoms with Crippen LogP contribution in [0.5, 0.6) is 0 Å². The van der Waals surface area contributed by atoms with Crippen molar-refractivity contribution in [3.63, 3.8) is 0 Å². The average Bonchev–Trinajstić information content (AvgIpc) is 2.67. The first-order valence-corrected chi connectivity index (χ1v) is 7.84. The lowest BCUT2D eigenvalue weighted by Crippen LogP contribution is -2.50. The van der Waals surface area contributed by atoms with E-state index in [2.05, 4.69) is 5.32 Å². The van der Waals surface area contributed by atoms with Gasteiger partial charge in [-0.3, -0.25) is 9.59 Å². The Labute approximate surface area is 120 Å². The monoisotopic (exact) mass is 279 g/mol. The summed E-state index contributed by atoms with van der Waals surface area (Å²) in [5.74, 6) is 1.41. The van der Waals surface area contributed by atoms with Gasteiger partial charge >= 0.3 is 0 Å². The van der Waals surface area contributed by atoms with E-state index in [4.69, 9.17) is 5.73 Å². The first-order valence-electron chi connectivity index (χ1n) is 7.84. The molecule has 3 unspecified atom stereocenters. The molecule has 5 nitrogen and oxygen atoms in total. The van der Waals surface area contributed by atoms with E-state index in [9.17, 15) is 9.59 Å². The summed E-state index contributed by atoms with van der Waals surface area (Å²) in [6, 6.07) is 0.294. The highest BCUT2D eigenvalue weighted by Gasteiger charge is 2.41. The highest BCUT2D eigenvalue weighted by Crippen LogP contribution is 2.41. The van der Waals surface area contributed by atoms with E-state index in [0.29, 0.717) is 30.8 Å². The minimum atomic E-state index is -0.00422. The number of nitrogens with zero attached hydrogens (tertiary/aromatic N) is 1. The third kappa shape index (κ3) is 2.55. The van der Waals surface area contributed by atoms with E-state index in [1.165, 1.54) is 19.3 Å². The Balaban J connectivity index is 1.57. The van der Waals surface area contributed by atoms with Crippen LogP contribution >= 0.6 is 0 Å². The molecule has 2 amide bonds. The van der Waals surface area contributed by atoms with Crippen molar-refractivity contribution in [1.29, 1.82) is 0 Å². The first-order chi connectivity index (χ1) is 9.54. The van der Waals surface area contributed by atoms with E-state index in [-0.39, 0.29) is 23.8 Å². The number of amides is 2. The number of carbonyl (C=O) groups is 2. The van der Waals surface area contributed by atoms with Crippen molar-refractivity contribution in [2.24, 2.45) is 23.5 Å². The van der Waals surface area contributed by atoms with Crippen LogP contribution in [0.25, 0.3) is 0 Å². The van der Waals surface area contributed by atoms with Crippen molar-refractivity contribution in [2.75, 3.05) is 13.6 Å². The third-order valence-corrected chi connectivity index (χ3v) is 5.47. The summed E-state index contributed by atoms with van der Waals surface area (Å²) in [6.45, 7) is 0.643. The summed E-state index contributed by atoms with van der Waals surface area (Å²) < 4.78 is 0. The standard InChI is InChI=1S/C15H25N3O2/c1-18-8-12(7-13(18)19)17-15(20)11-5-9-3-2-4-10(6-11)14(9)16/h9-12,14H,2-8,16H2,1H3,(H,17,20). The number of hydrogen-bond donors (Lipinski definition) is 2. The van der Waals surface area contributed by atoms with E-state index in [1.54, 1.807) is 11.9 Å². The fourth-order valence-electron chi connectivity index (χ4n) is 4.28. The Morgan fingerprint density at radius 2 is 1.95 bits per heavy atom. The molecule has 3 atom stereocenters. The zero-order chi connectivity index (χ0) is 14.3. The fourth-order valence-corrected chi connectivity index (χ4v) is 4.28. The maximum Gasteiger partial charge on any atom is 0.224 e. The second kappa shape index (κ2) is 5.35. The van der Waals surface area contributed by atoms with Gasteiger partial charge in [0.05, 0.1) is 6.04 Å². The largest absolute Gasteiger partial charge is 0.351 e. The minimum absolute atomic E-state index is 0.00422. The zero-order valence-electron chi connectivity index (χ0n) is 12.2. The van der Waals surface area contributed by atoms with Crippen molar-refractivity contribution >= 4 is 11.8 Å². The van der Waals surface area contributed by atoms with Gasteiger partial charge in [-0.05, 0) is 37.5 Å². The van der Waals surface area contributed by atoms with Crippen molar-refractivity contribution in [3.05, 3.63) is 0 Å². The second-order valence-electron chi connectivity index (χ2n) is 6.88. The Bertz CT molecular complexity index is 398. The molecule has 0 radical (unpaired) electrons. The average molecular weight is 279 g/mol. The number of carbonyl (C=O) groups excluding carboxylic acids is 2. The van der Waals surface area contributed by atoms with Gasteiger partial charge in [0.1, 0.15) is 0 Å². The molecule has 3 N–H and O–H groups in total. The van der Waals surface area contributed by atoms with Crippen molar-refractivity contribution in [1.82, 2.24) is 10.2 Å². The van der Waals surface area contributed by atoms with Crippen LogP contribution in [-0.2, 0) is 9.59 Å². The summed E-state index contributed by atoms with van der Waals surface area (Å²) >= 11 is 0. The van der Waals surface area contributed by atoms with Gasteiger partial charge in [0.2, 0.25) is 11.8 Å². The number of nitrogens with one attached hydrogen (secondary N) is 1. The van der Waals surface area contributed by atoms with Gasteiger partial charge in [-0.1, -0.05) is 6.42 Å². The van der Waals surface area contributed by atoms with Crippen LogP contribution in [0.3, 0.4) is 0 Å². The molecule has 0 aromatic rings. The highest BCUT2D eigenvalue weighted by atomic mass is 16.2. The second-order valence-corrected chi connectivity index (χ2v) is 6.88. The molecule has 5 heteroatoms. The summed E-state index contributed by atoms with van der Waals surface area (Å²) in [5.41, 5.74) is 6.26. The van der Waals surface area contributed by atoms with E-state index >= 15 is 0 Å². The molecular formula is C15H25N3O2. The zero-order valence-corrected chi connectivity index (χ0v) is 12.2. The molecule has 112 valence electrons. The van der Waals surface area contributed by atoms with Crippen LogP contribution in [0.2, 0.25) is 0 Å². The molecule has 3 rings (SSSR count). The van der Waals surface area contributed by atoms with Gasteiger partial charge in [0, 0.05) is 32.0 Å². The van der Waals surface area contributed by atoms with Gasteiger partial charge in [0.25, 0.3) is 0 Å². The number of hydrogen-bond acceptors (Lipinski definition) is 3. The lowest BCUT2D eigenvalue weighted by molar-refractivity contribution is -0.128. The predicted molar refractivity (Wildman–Crippen MR) is 75.7 cm³/mol. The van der Waals surface area contributed by atoms with E-state index in [0.717, 1.165) is 12.8 Å². The molecule has 1 aliphatic heterocycles. The summed E-state index contributed by atoms with van der Waals surface area (Å²) in [4.78, 5) is 25.6. The number of likely N-dealkylation sites (N-methyl/N-ethyl adjacent to an activating group) is 1. The van der Waals surface area contributed by atoms with Gasteiger partial charge in [-0.2, -0.15) is 0 Å². The predicted octanol–water partition coefficient (Wildman–Crippen LogP) is 0.487. The third-order valence-electron chi connectivity index (χ3n) is 5.47. The molecular weight excluding hydrogens is 254 g/mol. The molecule has 3 fully saturated rings. The van der Waals surface area contributed by atoms with Gasteiger partial charge < -0.3 is 16.0 Å². The molecule has 0 spiro atoms. The number of likely N-dealkylation sites (tertiary alicyclic amines) is 1. The maximum atomic E-state index is 12.4. The number of nitrogens with two attached hydrogens (primary N) is 1. The van der Waals surface area contributed by atoms with Crippen molar-refractivity contribution < 1.29 is 9.59 Å². The van der Waals surface area contributed by atoms with E-state index < -0.39 is 0 Å². The van der Waals surface area contributed by atoms with Crippen molar-refractivity contribution in [3.8, 4) is 0 Å².